The first-order chi connectivity index (χ1) is 10.3. The predicted molar refractivity (Wildman–Crippen MR) is 81.2 cm³/mol. The Balaban J connectivity index is 1.43. The van der Waals surface area contributed by atoms with E-state index in [1.807, 2.05) is 17.2 Å². The van der Waals surface area contributed by atoms with E-state index in [-0.39, 0.29) is 5.91 Å². The van der Waals surface area contributed by atoms with Crippen molar-refractivity contribution in [1.82, 2.24) is 15.2 Å². The Kier molecular flexibility index (Phi) is 3.42. The van der Waals surface area contributed by atoms with Crippen LogP contribution in [0.15, 0.2) is 18.3 Å². The zero-order valence-electron chi connectivity index (χ0n) is 12.4. The summed E-state index contributed by atoms with van der Waals surface area (Å²) in [4.78, 5) is 19.0. The van der Waals surface area contributed by atoms with E-state index in [1.165, 1.54) is 18.4 Å². The lowest BCUT2D eigenvalue weighted by atomic mass is 9.92. The molecule has 4 rings (SSSR count). The van der Waals surface area contributed by atoms with Gasteiger partial charge in [-0.3, -0.25) is 9.78 Å². The van der Waals surface area contributed by atoms with Gasteiger partial charge in [0.05, 0.1) is 0 Å². The number of amides is 1. The first-order valence-electron chi connectivity index (χ1n) is 8.27. The van der Waals surface area contributed by atoms with Gasteiger partial charge in [0.25, 0.3) is 5.91 Å². The molecule has 4 heteroatoms. The van der Waals surface area contributed by atoms with Crippen molar-refractivity contribution in [3.63, 3.8) is 0 Å². The number of nitrogens with zero attached hydrogens (tertiary/aromatic N) is 2. The second-order valence-corrected chi connectivity index (χ2v) is 6.80. The van der Waals surface area contributed by atoms with E-state index in [0.29, 0.717) is 11.6 Å². The van der Waals surface area contributed by atoms with E-state index < -0.39 is 0 Å². The highest BCUT2D eigenvalue weighted by Gasteiger charge is 2.32. The Bertz CT molecular complexity index is 509. The van der Waals surface area contributed by atoms with Crippen LogP contribution in [-0.2, 0) is 0 Å². The van der Waals surface area contributed by atoms with Crippen LogP contribution in [0.5, 0.6) is 0 Å². The summed E-state index contributed by atoms with van der Waals surface area (Å²) in [5.74, 6) is 2.33. The fourth-order valence-electron chi connectivity index (χ4n) is 3.77. The van der Waals surface area contributed by atoms with Crippen molar-refractivity contribution in [2.45, 2.75) is 31.6 Å². The minimum atomic E-state index is 0.116. The normalized spacial score (nSPS) is 29.0. The number of aromatic nitrogens is 1. The van der Waals surface area contributed by atoms with Gasteiger partial charge in [0.1, 0.15) is 5.69 Å². The Morgan fingerprint density at radius 3 is 2.38 bits per heavy atom. The molecule has 1 aromatic rings. The molecular formula is C17H23N3O. The third kappa shape index (κ3) is 2.69. The molecule has 2 saturated heterocycles. The molecule has 3 aliphatic rings. The number of nitrogens with one attached hydrogen (secondary N) is 1. The molecule has 4 nitrogen and oxygen atoms in total. The maximum atomic E-state index is 12.6. The van der Waals surface area contributed by atoms with E-state index in [0.717, 1.165) is 50.9 Å². The number of carbonyl (C=O) groups excluding carboxylic acids is 1. The molecule has 1 N–H and O–H groups in total. The number of likely N-dealkylation sites (tertiary alicyclic amines) is 1. The zero-order chi connectivity index (χ0) is 14.2. The van der Waals surface area contributed by atoms with Gasteiger partial charge in [-0.1, -0.05) is 6.07 Å². The Hall–Kier alpha value is -1.42. The highest BCUT2D eigenvalue weighted by Crippen LogP contribution is 2.39. The Morgan fingerprint density at radius 1 is 1.10 bits per heavy atom. The highest BCUT2D eigenvalue weighted by atomic mass is 16.2. The highest BCUT2D eigenvalue weighted by molar-refractivity contribution is 5.92. The quantitative estimate of drug-likeness (QED) is 0.904. The largest absolute Gasteiger partial charge is 0.337 e. The van der Waals surface area contributed by atoms with E-state index in [4.69, 9.17) is 0 Å². The van der Waals surface area contributed by atoms with Gasteiger partial charge >= 0.3 is 0 Å². The fraction of sp³-hybridized carbons (Fsp3) is 0.647. The number of fused-ring (bicyclic) bond motifs is 1. The molecule has 0 spiro atoms. The summed E-state index contributed by atoms with van der Waals surface area (Å²) < 4.78 is 0. The smallest absolute Gasteiger partial charge is 0.272 e. The van der Waals surface area contributed by atoms with Crippen LogP contribution in [0, 0.1) is 11.8 Å². The van der Waals surface area contributed by atoms with Crippen LogP contribution in [0.25, 0.3) is 0 Å². The first-order valence-corrected chi connectivity index (χ1v) is 8.27. The number of carbonyl (C=O) groups is 1. The molecule has 0 radical (unpaired) electrons. The summed E-state index contributed by atoms with van der Waals surface area (Å²) in [6, 6.07) is 4.01. The van der Waals surface area contributed by atoms with Crippen LogP contribution in [0.2, 0.25) is 0 Å². The summed E-state index contributed by atoms with van der Waals surface area (Å²) >= 11 is 0. The second kappa shape index (κ2) is 5.41. The lowest BCUT2D eigenvalue weighted by Gasteiger charge is -2.20. The summed E-state index contributed by atoms with van der Waals surface area (Å²) in [5, 5.41) is 3.47. The zero-order valence-corrected chi connectivity index (χ0v) is 12.4. The van der Waals surface area contributed by atoms with Crippen LogP contribution in [0.1, 0.15) is 47.7 Å². The Labute approximate surface area is 125 Å². The van der Waals surface area contributed by atoms with Gasteiger partial charge in [0, 0.05) is 19.3 Å². The van der Waals surface area contributed by atoms with Crippen molar-refractivity contribution < 1.29 is 4.79 Å². The number of rotatable bonds is 2. The molecule has 1 amide bonds. The predicted octanol–water partition coefficient (Wildman–Crippen LogP) is 2.03. The summed E-state index contributed by atoms with van der Waals surface area (Å²) in [6.45, 7) is 4.02. The molecule has 2 aliphatic heterocycles. The third-order valence-electron chi connectivity index (χ3n) is 5.36. The molecule has 3 heterocycles. The van der Waals surface area contributed by atoms with Gasteiger partial charge in [0.15, 0.2) is 0 Å². The number of hydrogen-bond acceptors (Lipinski definition) is 3. The van der Waals surface area contributed by atoms with E-state index in [2.05, 4.69) is 16.4 Å². The van der Waals surface area contributed by atoms with Crippen LogP contribution >= 0.6 is 0 Å². The van der Waals surface area contributed by atoms with Crippen molar-refractivity contribution in [2.75, 3.05) is 26.2 Å². The minimum Gasteiger partial charge on any atom is -0.337 e. The van der Waals surface area contributed by atoms with Crippen LogP contribution in [-0.4, -0.2) is 42.0 Å². The first kappa shape index (κ1) is 13.3. The molecule has 21 heavy (non-hydrogen) atoms. The van der Waals surface area contributed by atoms with Gasteiger partial charge in [-0.05, 0) is 68.2 Å². The van der Waals surface area contributed by atoms with E-state index in [9.17, 15) is 4.79 Å². The molecular weight excluding hydrogens is 262 g/mol. The topological polar surface area (TPSA) is 45.2 Å². The SMILES string of the molecule is O=C(c1ccc(C2CC2)cn1)N1CC[C@@H]2CNC[C@@H]2CC1. The molecule has 0 aromatic carbocycles. The summed E-state index contributed by atoms with van der Waals surface area (Å²) in [5.41, 5.74) is 1.91. The third-order valence-corrected chi connectivity index (χ3v) is 5.36. The molecule has 1 saturated carbocycles. The molecule has 0 bridgehead atoms. The molecule has 3 fully saturated rings. The van der Waals surface area contributed by atoms with Crippen molar-refractivity contribution in [2.24, 2.45) is 11.8 Å². The van der Waals surface area contributed by atoms with Crippen molar-refractivity contribution in [3.05, 3.63) is 29.6 Å². The standard InChI is InChI=1S/C17H23N3O/c21-17(16-4-3-13(11-19-16)12-1-2-12)20-7-5-14-9-18-10-15(14)6-8-20/h3-4,11-12,14-15,18H,1-2,5-10H2/t14-,15+. The second-order valence-electron chi connectivity index (χ2n) is 6.80. The van der Waals surface area contributed by atoms with Crippen molar-refractivity contribution >= 4 is 5.91 Å². The Morgan fingerprint density at radius 2 is 1.81 bits per heavy atom. The summed E-state index contributed by atoms with van der Waals surface area (Å²) in [6.07, 6.45) is 6.71. The average Bonchev–Trinajstić information content (AvgIpc) is 3.31. The van der Waals surface area contributed by atoms with Gasteiger partial charge in [-0.2, -0.15) is 0 Å². The maximum absolute atomic E-state index is 12.6. The lowest BCUT2D eigenvalue weighted by Crippen LogP contribution is -2.33. The van der Waals surface area contributed by atoms with Gasteiger partial charge < -0.3 is 10.2 Å². The number of hydrogen-bond donors (Lipinski definition) is 1. The van der Waals surface area contributed by atoms with Crippen LogP contribution < -0.4 is 5.32 Å². The number of pyridine rings is 1. The van der Waals surface area contributed by atoms with Gasteiger partial charge in [0.2, 0.25) is 0 Å². The molecule has 0 unspecified atom stereocenters. The molecule has 1 aromatic heterocycles. The molecule has 2 atom stereocenters. The summed E-state index contributed by atoms with van der Waals surface area (Å²) in [7, 11) is 0. The minimum absolute atomic E-state index is 0.116. The average molecular weight is 285 g/mol. The van der Waals surface area contributed by atoms with Crippen LogP contribution in [0.3, 0.4) is 0 Å². The van der Waals surface area contributed by atoms with Crippen LogP contribution in [0.4, 0.5) is 0 Å². The van der Waals surface area contributed by atoms with E-state index >= 15 is 0 Å². The van der Waals surface area contributed by atoms with E-state index in [1.54, 1.807) is 0 Å². The van der Waals surface area contributed by atoms with Gasteiger partial charge in [-0.25, -0.2) is 0 Å². The van der Waals surface area contributed by atoms with Crippen molar-refractivity contribution in [3.8, 4) is 0 Å². The fourth-order valence-corrected chi connectivity index (χ4v) is 3.77. The monoisotopic (exact) mass is 285 g/mol. The maximum Gasteiger partial charge on any atom is 0.272 e. The van der Waals surface area contributed by atoms with Gasteiger partial charge in [-0.15, -0.1) is 0 Å². The molecule has 1 aliphatic carbocycles. The molecule has 112 valence electrons. The lowest BCUT2D eigenvalue weighted by molar-refractivity contribution is 0.0752. The van der Waals surface area contributed by atoms with Crippen molar-refractivity contribution in [1.29, 1.82) is 0 Å².